The second kappa shape index (κ2) is 6.69. The Balaban J connectivity index is 1.83. The van der Waals surface area contributed by atoms with E-state index in [1.165, 1.54) is 64.5 Å². The van der Waals surface area contributed by atoms with Crippen molar-refractivity contribution in [3.63, 3.8) is 0 Å². The first kappa shape index (κ1) is 20.0. The molecule has 0 aliphatic carbocycles. The smallest absolute Gasteiger partial charge is 0.200 e. The van der Waals surface area contributed by atoms with E-state index in [1.807, 2.05) is 11.8 Å². The predicted molar refractivity (Wildman–Crippen MR) is 142 cm³/mol. The first-order chi connectivity index (χ1) is 15.3. The van der Waals surface area contributed by atoms with Crippen LogP contribution in [0.1, 0.15) is 11.1 Å². The minimum atomic E-state index is -1.47. The van der Waals surface area contributed by atoms with Crippen molar-refractivity contribution in [1.29, 1.82) is 0 Å². The lowest BCUT2D eigenvalue weighted by Gasteiger charge is -2.25. The Morgan fingerprint density at radius 3 is 2.16 bits per heavy atom. The Kier molecular flexibility index (Phi) is 4.19. The summed E-state index contributed by atoms with van der Waals surface area (Å²) in [6.07, 6.45) is 2.26. The molecular weight excluding hydrogens is 422 g/mol. The van der Waals surface area contributed by atoms with E-state index in [9.17, 15) is 0 Å². The van der Waals surface area contributed by atoms with Crippen molar-refractivity contribution >= 4 is 57.3 Å². The van der Waals surface area contributed by atoms with E-state index in [0.29, 0.717) is 0 Å². The Bertz CT molecular complexity index is 1610. The predicted octanol–water partition coefficient (Wildman–Crippen LogP) is 7.26. The quantitative estimate of drug-likeness (QED) is 0.145. The maximum atomic E-state index is 2.49. The van der Waals surface area contributed by atoms with Gasteiger partial charge in [0.1, 0.15) is 7.05 Å². The molecule has 1 aliphatic rings. The molecule has 1 aliphatic heterocycles. The number of rotatable bonds is 1. The number of pyridine rings is 1. The van der Waals surface area contributed by atoms with E-state index in [4.69, 9.17) is 0 Å². The molecule has 1 nitrogen and oxygen atoms in total. The zero-order chi connectivity index (χ0) is 22.4. The first-order valence-corrected chi connectivity index (χ1v) is 15.7. The SMILES string of the molecule is Cc1c2c(c(C)c3ccccc13)-c1c3c(cc4c([Si](C)(C)C)cccc4c3cc[n+]1C)S2. The summed E-state index contributed by atoms with van der Waals surface area (Å²) in [5.41, 5.74) is 5.55. The van der Waals surface area contributed by atoms with Crippen molar-refractivity contribution < 1.29 is 4.57 Å². The van der Waals surface area contributed by atoms with Crippen LogP contribution in [0.4, 0.5) is 0 Å². The molecule has 1 aromatic heterocycles. The van der Waals surface area contributed by atoms with Gasteiger partial charge in [0.2, 0.25) is 5.69 Å². The summed E-state index contributed by atoms with van der Waals surface area (Å²) in [7, 11) is 0.730. The van der Waals surface area contributed by atoms with E-state index in [-0.39, 0.29) is 0 Å². The molecule has 32 heavy (non-hydrogen) atoms. The molecule has 0 N–H and O–H groups in total. The van der Waals surface area contributed by atoms with Gasteiger partial charge in [0.25, 0.3) is 0 Å². The van der Waals surface area contributed by atoms with E-state index in [2.05, 4.69) is 106 Å². The molecule has 0 radical (unpaired) electrons. The summed E-state index contributed by atoms with van der Waals surface area (Å²) in [4.78, 5) is 2.82. The molecule has 5 aromatic rings. The summed E-state index contributed by atoms with van der Waals surface area (Å²) in [5.74, 6) is 0. The molecule has 0 amide bonds. The normalized spacial score (nSPS) is 13.2. The van der Waals surface area contributed by atoms with Gasteiger partial charge in [0.05, 0.1) is 19.0 Å². The molecule has 158 valence electrons. The van der Waals surface area contributed by atoms with E-state index in [1.54, 1.807) is 5.19 Å². The van der Waals surface area contributed by atoms with Gasteiger partial charge in [0.15, 0.2) is 6.20 Å². The second-order valence-electron chi connectivity index (χ2n) is 10.2. The van der Waals surface area contributed by atoms with Crippen LogP contribution in [0.3, 0.4) is 0 Å². The highest BCUT2D eigenvalue weighted by molar-refractivity contribution is 8.00. The molecular formula is C29H28NSSi+. The van der Waals surface area contributed by atoms with Gasteiger partial charge in [-0.1, -0.05) is 79.1 Å². The Morgan fingerprint density at radius 1 is 0.750 bits per heavy atom. The van der Waals surface area contributed by atoms with Crippen LogP contribution in [0, 0.1) is 13.8 Å². The summed E-state index contributed by atoms with van der Waals surface area (Å²) in [6, 6.07) is 20.6. The zero-order valence-corrected chi connectivity index (χ0v) is 21.4. The minimum Gasteiger partial charge on any atom is -0.200 e. The fourth-order valence-corrected chi connectivity index (χ4v) is 8.52. The maximum Gasteiger partial charge on any atom is 0.222 e. The largest absolute Gasteiger partial charge is 0.222 e. The highest BCUT2D eigenvalue weighted by atomic mass is 32.2. The first-order valence-electron chi connectivity index (χ1n) is 11.4. The number of hydrogen-bond donors (Lipinski definition) is 0. The van der Waals surface area contributed by atoms with Crippen LogP contribution < -0.4 is 9.75 Å². The van der Waals surface area contributed by atoms with Crippen LogP contribution in [-0.4, -0.2) is 8.07 Å². The fourth-order valence-electron chi connectivity index (χ4n) is 5.59. The molecule has 0 bridgehead atoms. The van der Waals surface area contributed by atoms with Crippen molar-refractivity contribution in [2.75, 3.05) is 0 Å². The molecule has 0 spiro atoms. The average molecular weight is 451 g/mol. The fraction of sp³-hybridized carbons (Fsp3) is 0.207. The van der Waals surface area contributed by atoms with Gasteiger partial charge in [-0.25, -0.2) is 4.57 Å². The lowest BCUT2D eigenvalue weighted by Crippen LogP contribution is -2.38. The molecule has 0 unspecified atom stereocenters. The van der Waals surface area contributed by atoms with E-state index in [0.717, 1.165) is 0 Å². The van der Waals surface area contributed by atoms with Crippen molar-refractivity contribution in [2.45, 2.75) is 43.3 Å². The average Bonchev–Trinajstić information content (AvgIpc) is 2.77. The number of fused-ring (bicyclic) bond motifs is 5. The number of aromatic nitrogens is 1. The molecule has 4 aromatic carbocycles. The van der Waals surface area contributed by atoms with Crippen molar-refractivity contribution in [2.24, 2.45) is 7.05 Å². The molecule has 0 atom stereocenters. The minimum absolute atomic E-state index is 1.36. The second-order valence-corrected chi connectivity index (χ2v) is 16.3. The van der Waals surface area contributed by atoms with Gasteiger partial charge in [-0.05, 0) is 52.6 Å². The van der Waals surface area contributed by atoms with Gasteiger partial charge >= 0.3 is 0 Å². The Labute approximate surface area is 195 Å². The van der Waals surface area contributed by atoms with Gasteiger partial charge < -0.3 is 0 Å². The van der Waals surface area contributed by atoms with Crippen LogP contribution in [0.5, 0.6) is 0 Å². The van der Waals surface area contributed by atoms with Gasteiger partial charge in [-0.15, -0.1) is 0 Å². The number of aryl methyl sites for hydroxylation is 3. The van der Waals surface area contributed by atoms with Gasteiger partial charge in [-0.2, -0.15) is 0 Å². The van der Waals surface area contributed by atoms with E-state index < -0.39 is 8.07 Å². The number of benzene rings is 4. The summed E-state index contributed by atoms with van der Waals surface area (Å²) < 4.78 is 2.33. The standard InChI is InChI=1S/C29H28NSSi/c1-17-19-10-7-8-11-20(19)18(2)29-26(17)28-27-22(14-15-30(28)3)21-12-9-13-25(32(4,5)6)23(21)16-24(27)31-29/h7-16H,1-6H3/q+1. The third-order valence-corrected chi connectivity index (χ3v) is 10.5. The van der Waals surface area contributed by atoms with Crippen molar-refractivity contribution in [3.8, 4) is 11.3 Å². The number of nitrogens with zero attached hydrogens (tertiary/aromatic N) is 1. The zero-order valence-electron chi connectivity index (χ0n) is 19.6. The van der Waals surface area contributed by atoms with Crippen LogP contribution in [-0.2, 0) is 7.05 Å². The summed E-state index contributed by atoms with van der Waals surface area (Å²) in [6.45, 7) is 12.0. The van der Waals surface area contributed by atoms with Crippen LogP contribution >= 0.6 is 11.8 Å². The van der Waals surface area contributed by atoms with E-state index >= 15 is 0 Å². The van der Waals surface area contributed by atoms with Crippen LogP contribution in [0.25, 0.3) is 43.6 Å². The molecule has 2 heterocycles. The van der Waals surface area contributed by atoms with Gasteiger partial charge in [-0.3, -0.25) is 0 Å². The Hall–Kier alpha value is -2.62. The van der Waals surface area contributed by atoms with Gasteiger partial charge in [0, 0.05) is 21.2 Å². The highest BCUT2D eigenvalue weighted by Gasteiger charge is 2.32. The topological polar surface area (TPSA) is 3.88 Å². The number of hydrogen-bond acceptors (Lipinski definition) is 1. The highest BCUT2D eigenvalue weighted by Crippen LogP contribution is 2.52. The third-order valence-electron chi connectivity index (χ3n) is 7.18. The molecule has 0 saturated heterocycles. The third kappa shape index (κ3) is 2.61. The van der Waals surface area contributed by atoms with Crippen molar-refractivity contribution in [1.82, 2.24) is 0 Å². The maximum absolute atomic E-state index is 2.49. The lowest BCUT2D eigenvalue weighted by atomic mass is 9.90. The molecule has 0 saturated carbocycles. The summed E-state index contributed by atoms with van der Waals surface area (Å²) >= 11 is 1.98. The van der Waals surface area contributed by atoms with Crippen LogP contribution in [0.2, 0.25) is 19.6 Å². The summed E-state index contributed by atoms with van der Waals surface area (Å²) in [5, 5.41) is 9.93. The lowest BCUT2D eigenvalue weighted by molar-refractivity contribution is -0.659. The molecule has 6 rings (SSSR count). The Morgan fingerprint density at radius 2 is 1.44 bits per heavy atom. The van der Waals surface area contributed by atoms with Crippen molar-refractivity contribution in [3.05, 3.63) is 71.9 Å². The monoisotopic (exact) mass is 450 g/mol. The molecule has 3 heteroatoms. The molecule has 0 fully saturated rings. The van der Waals surface area contributed by atoms with Crippen LogP contribution in [0.15, 0.2) is 70.6 Å².